The Balaban J connectivity index is 1.72. The SMILES string of the molecule is Cc1cc(C)c(CNC(CN2CCOCC2)c2ccccc2)cc1C. The van der Waals surface area contributed by atoms with Crippen LogP contribution in [0.25, 0.3) is 0 Å². The fourth-order valence-corrected chi connectivity index (χ4v) is 3.46. The Kier molecular flexibility index (Phi) is 6.24. The lowest BCUT2D eigenvalue weighted by molar-refractivity contribution is 0.0333. The second-order valence-electron chi connectivity index (χ2n) is 7.12. The predicted molar refractivity (Wildman–Crippen MR) is 104 cm³/mol. The van der Waals surface area contributed by atoms with Crippen molar-refractivity contribution in [3.8, 4) is 0 Å². The molecule has 1 saturated heterocycles. The van der Waals surface area contributed by atoms with E-state index in [0.29, 0.717) is 6.04 Å². The molecule has 1 fully saturated rings. The molecule has 1 N–H and O–H groups in total. The number of aryl methyl sites for hydroxylation is 3. The molecular weight excluding hydrogens is 308 g/mol. The summed E-state index contributed by atoms with van der Waals surface area (Å²) in [4.78, 5) is 2.50. The predicted octanol–water partition coefficient (Wildman–Crippen LogP) is 3.77. The quantitative estimate of drug-likeness (QED) is 0.867. The van der Waals surface area contributed by atoms with Crippen LogP contribution in [0.5, 0.6) is 0 Å². The normalized spacial score (nSPS) is 16.8. The molecule has 3 nitrogen and oxygen atoms in total. The van der Waals surface area contributed by atoms with Crippen LogP contribution < -0.4 is 5.32 Å². The number of nitrogens with one attached hydrogen (secondary N) is 1. The van der Waals surface area contributed by atoms with Crippen LogP contribution in [0.1, 0.15) is 33.9 Å². The Morgan fingerprint density at radius 1 is 0.960 bits per heavy atom. The summed E-state index contributed by atoms with van der Waals surface area (Å²) in [6, 6.07) is 15.8. The van der Waals surface area contributed by atoms with Crippen LogP contribution in [0.2, 0.25) is 0 Å². The van der Waals surface area contributed by atoms with Gasteiger partial charge in [0, 0.05) is 32.2 Å². The molecule has 1 aliphatic rings. The zero-order valence-electron chi connectivity index (χ0n) is 15.7. The third-order valence-corrected chi connectivity index (χ3v) is 5.24. The Morgan fingerprint density at radius 2 is 1.64 bits per heavy atom. The standard InChI is InChI=1S/C22H30N2O/c1-17-13-19(3)21(14-18(17)2)15-23-22(20-7-5-4-6-8-20)16-24-9-11-25-12-10-24/h4-8,13-14,22-23H,9-12,15-16H2,1-3H3. The summed E-state index contributed by atoms with van der Waals surface area (Å²) >= 11 is 0. The van der Waals surface area contributed by atoms with E-state index in [1.165, 1.54) is 27.8 Å². The monoisotopic (exact) mass is 338 g/mol. The van der Waals surface area contributed by atoms with Gasteiger partial charge in [-0.25, -0.2) is 0 Å². The molecule has 1 heterocycles. The highest BCUT2D eigenvalue weighted by Gasteiger charge is 2.18. The molecule has 1 atom stereocenters. The highest BCUT2D eigenvalue weighted by Crippen LogP contribution is 2.19. The molecule has 0 spiro atoms. The Morgan fingerprint density at radius 3 is 2.36 bits per heavy atom. The van der Waals surface area contributed by atoms with Gasteiger partial charge in [-0.1, -0.05) is 42.5 Å². The third kappa shape index (κ3) is 4.91. The number of nitrogens with zero attached hydrogens (tertiary/aromatic N) is 1. The fourth-order valence-electron chi connectivity index (χ4n) is 3.46. The highest BCUT2D eigenvalue weighted by atomic mass is 16.5. The van der Waals surface area contributed by atoms with Crippen molar-refractivity contribution in [2.24, 2.45) is 0 Å². The summed E-state index contributed by atoms with van der Waals surface area (Å²) in [6.45, 7) is 12.2. The number of rotatable bonds is 6. The van der Waals surface area contributed by atoms with Crippen molar-refractivity contribution in [1.82, 2.24) is 10.2 Å². The lowest BCUT2D eigenvalue weighted by Gasteiger charge is -2.31. The van der Waals surface area contributed by atoms with Gasteiger partial charge in [-0.15, -0.1) is 0 Å². The van der Waals surface area contributed by atoms with Crippen molar-refractivity contribution < 1.29 is 4.74 Å². The van der Waals surface area contributed by atoms with Gasteiger partial charge in [-0.3, -0.25) is 4.90 Å². The largest absolute Gasteiger partial charge is 0.379 e. The van der Waals surface area contributed by atoms with Crippen molar-refractivity contribution >= 4 is 0 Å². The van der Waals surface area contributed by atoms with Crippen LogP contribution in [-0.4, -0.2) is 37.7 Å². The Labute approximate surface area is 152 Å². The minimum Gasteiger partial charge on any atom is -0.379 e. The highest BCUT2D eigenvalue weighted by molar-refractivity contribution is 5.36. The molecule has 3 rings (SSSR count). The molecule has 0 radical (unpaired) electrons. The summed E-state index contributed by atoms with van der Waals surface area (Å²) in [5.74, 6) is 0. The first-order valence-corrected chi connectivity index (χ1v) is 9.28. The number of hydrogen-bond donors (Lipinski definition) is 1. The fraction of sp³-hybridized carbons (Fsp3) is 0.455. The topological polar surface area (TPSA) is 24.5 Å². The average Bonchev–Trinajstić information content (AvgIpc) is 2.64. The van der Waals surface area contributed by atoms with Gasteiger partial charge in [0.1, 0.15) is 0 Å². The summed E-state index contributed by atoms with van der Waals surface area (Å²) < 4.78 is 5.49. The molecule has 0 aromatic heterocycles. The molecule has 2 aromatic rings. The second-order valence-corrected chi connectivity index (χ2v) is 7.12. The van der Waals surface area contributed by atoms with Crippen molar-refractivity contribution in [3.63, 3.8) is 0 Å². The van der Waals surface area contributed by atoms with E-state index in [-0.39, 0.29) is 0 Å². The Bertz CT molecular complexity index is 678. The van der Waals surface area contributed by atoms with E-state index in [4.69, 9.17) is 4.74 Å². The minimum atomic E-state index is 0.334. The van der Waals surface area contributed by atoms with Gasteiger partial charge in [-0.2, -0.15) is 0 Å². The molecule has 1 aliphatic heterocycles. The molecule has 0 saturated carbocycles. The molecule has 0 aliphatic carbocycles. The third-order valence-electron chi connectivity index (χ3n) is 5.24. The van der Waals surface area contributed by atoms with Gasteiger partial charge in [0.2, 0.25) is 0 Å². The van der Waals surface area contributed by atoms with E-state index in [1.807, 2.05) is 0 Å². The van der Waals surface area contributed by atoms with Gasteiger partial charge >= 0.3 is 0 Å². The molecule has 0 amide bonds. The molecule has 1 unspecified atom stereocenters. The van der Waals surface area contributed by atoms with Crippen molar-refractivity contribution in [3.05, 3.63) is 70.3 Å². The zero-order chi connectivity index (χ0) is 17.6. The number of hydrogen-bond acceptors (Lipinski definition) is 3. The van der Waals surface area contributed by atoms with Gasteiger partial charge in [-0.05, 0) is 48.6 Å². The Hall–Kier alpha value is -1.68. The van der Waals surface area contributed by atoms with E-state index < -0.39 is 0 Å². The van der Waals surface area contributed by atoms with Crippen LogP contribution in [0.4, 0.5) is 0 Å². The summed E-state index contributed by atoms with van der Waals surface area (Å²) in [6.07, 6.45) is 0. The molecule has 134 valence electrons. The van der Waals surface area contributed by atoms with Gasteiger partial charge in [0.15, 0.2) is 0 Å². The number of morpholine rings is 1. The lowest BCUT2D eigenvalue weighted by atomic mass is 10.00. The molecule has 2 aromatic carbocycles. The summed E-state index contributed by atoms with van der Waals surface area (Å²) in [5.41, 5.74) is 6.86. The van der Waals surface area contributed by atoms with Crippen LogP contribution in [-0.2, 0) is 11.3 Å². The zero-order valence-corrected chi connectivity index (χ0v) is 15.7. The molecule has 3 heteroatoms. The summed E-state index contributed by atoms with van der Waals surface area (Å²) in [7, 11) is 0. The first kappa shape index (κ1) is 18.1. The van der Waals surface area contributed by atoms with Crippen LogP contribution in [0.15, 0.2) is 42.5 Å². The van der Waals surface area contributed by atoms with E-state index >= 15 is 0 Å². The van der Waals surface area contributed by atoms with Crippen molar-refractivity contribution in [2.45, 2.75) is 33.4 Å². The second kappa shape index (κ2) is 8.61. The molecule has 0 bridgehead atoms. The molecule has 25 heavy (non-hydrogen) atoms. The lowest BCUT2D eigenvalue weighted by Crippen LogP contribution is -2.41. The first-order valence-electron chi connectivity index (χ1n) is 9.28. The van der Waals surface area contributed by atoms with E-state index in [0.717, 1.165) is 39.4 Å². The van der Waals surface area contributed by atoms with E-state index in [1.54, 1.807) is 0 Å². The van der Waals surface area contributed by atoms with E-state index in [9.17, 15) is 0 Å². The van der Waals surface area contributed by atoms with Crippen LogP contribution in [0.3, 0.4) is 0 Å². The average molecular weight is 338 g/mol. The van der Waals surface area contributed by atoms with Gasteiger partial charge in [0.05, 0.1) is 13.2 Å². The van der Waals surface area contributed by atoms with Crippen LogP contribution in [0, 0.1) is 20.8 Å². The smallest absolute Gasteiger partial charge is 0.0594 e. The van der Waals surface area contributed by atoms with Crippen LogP contribution >= 0.6 is 0 Å². The molecular formula is C22H30N2O. The maximum absolute atomic E-state index is 5.49. The minimum absolute atomic E-state index is 0.334. The maximum Gasteiger partial charge on any atom is 0.0594 e. The van der Waals surface area contributed by atoms with Gasteiger partial charge in [0.25, 0.3) is 0 Å². The number of ether oxygens (including phenoxy) is 1. The van der Waals surface area contributed by atoms with E-state index in [2.05, 4.69) is 73.5 Å². The summed E-state index contributed by atoms with van der Waals surface area (Å²) in [5, 5.41) is 3.80. The van der Waals surface area contributed by atoms with Gasteiger partial charge < -0.3 is 10.1 Å². The van der Waals surface area contributed by atoms with Crippen molar-refractivity contribution in [1.29, 1.82) is 0 Å². The van der Waals surface area contributed by atoms with Crippen molar-refractivity contribution in [2.75, 3.05) is 32.8 Å². The number of benzene rings is 2. The first-order chi connectivity index (χ1) is 12.1. The maximum atomic E-state index is 5.49.